The zero-order valence-corrected chi connectivity index (χ0v) is 18.2. The van der Waals surface area contributed by atoms with Crippen molar-refractivity contribution in [3.63, 3.8) is 0 Å². The van der Waals surface area contributed by atoms with Crippen LogP contribution in [0.5, 0.6) is 0 Å². The fourth-order valence-corrected chi connectivity index (χ4v) is 4.47. The second-order valence-electron chi connectivity index (χ2n) is 8.36. The summed E-state index contributed by atoms with van der Waals surface area (Å²) in [5.41, 5.74) is 3.98. The summed E-state index contributed by atoms with van der Waals surface area (Å²) in [4.78, 5) is 31.0. The van der Waals surface area contributed by atoms with Crippen LogP contribution in [0, 0.1) is 5.82 Å². The summed E-state index contributed by atoms with van der Waals surface area (Å²) in [6.07, 6.45) is 4.26. The Hall–Kier alpha value is -3.94. The SMILES string of the molecule is Cn1cc2c(n1)C(C(=O)NCCc1c[nH]c3ccc(F)cc13)CN(C(=O)c1ccccc1)C2. The Morgan fingerprint density at radius 1 is 1.21 bits per heavy atom. The monoisotopic (exact) mass is 445 g/mol. The summed E-state index contributed by atoms with van der Waals surface area (Å²) in [6.45, 7) is 1.08. The van der Waals surface area contributed by atoms with Crippen molar-refractivity contribution in [2.75, 3.05) is 13.1 Å². The van der Waals surface area contributed by atoms with Gasteiger partial charge in [-0.05, 0) is 42.3 Å². The molecule has 2 aromatic carbocycles. The number of nitrogens with zero attached hydrogens (tertiary/aromatic N) is 3. The molecule has 7 nitrogen and oxygen atoms in total. The second kappa shape index (κ2) is 8.54. The summed E-state index contributed by atoms with van der Waals surface area (Å²) in [6, 6.07) is 13.7. The van der Waals surface area contributed by atoms with Crippen molar-refractivity contribution in [3.8, 4) is 0 Å². The standard InChI is InChI=1S/C25H24FN5O2/c1-30-13-18-14-31(25(33)16-5-3-2-4-6-16)15-21(23(18)29-30)24(32)27-10-9-17-12-28-22-8-7-19(26)11-20(17)22/h2-8,11-13,21,28H,9-10,14-15H2,1H3,(H,27,32). The number of fused-ring (bicyclic) bond motifs is 2. The fourth-order valence-electron chi connectivity index (χ4n) is 4.47. The van der Waals surface area contributed by atoms with E-state index in [0.717, 1.165) is 22.0 Å². The number of H-pyrrole nitrogens is 1. The van der Waals surface area contributed by atoms with Gasteiger partial charge in [-0.2, -0.15) is 5.10 Å². The summed E-state index contributed by atoms with van der Waals surface area (Å²) < 4.78 is 15.3. The normalized spacial score (nSPS) is 15.5. The minimum atomic E-state index is -0.553. The Bertz CT molecular complexity index is 1330. The van der Waals surface area contributed by atoms with E-state index in [2.05, 4.69) is 15.4 Å². The molecule has 1 unspecified atom stereocenters. The molecule has 5 rings (SSSR count). The molecule has 0 radical (unpaired) electrons. The van der Waals surface area contributed by atoms with Gasteiger partial charge in [-0.25, -0.2) is 4.39 Å². The van der Waals surface area contributed by atoms with Gasteiger partial charge < -0.3 is 15.2 Å². The maximum absolute atomic E-state index is 13.6. The number of aromatic nitrogens is 3. The molecule has 2 amide bonds. The first-order valence-electron chi connectivity index (χ1n) is 10.9. The molecule has 1 atom stereocenters. The first-order valence-corrected chi connectivity index (χ1v) is 10.9. The third-order valence-electron chi connectivity index (χ3n) is 6.08. The van der Waals surface area contributed by atoms with Crippen molar-refractivity contribution in [2.45, 2.75) is 18.9 Å². The Morgan fingerprint density at radius 2 is 2.03 bits per heavy atom. The topological polar surface area (TPSA) is 83.0 Å². The van der Waals surface area contributed by atoms with Crippen LogP contribution in [-0.4, -0.2) is 44.6 Å². The third kappa shape index (κ3) is 4.11. The Balaban J connectivity index is 1.30. The molecule has 2 aromatic heterocycles. The van der Waals surface area contributed by atoms with E-state index in [0.29, 0.717) is 30.8 Å². The van der Waals surface area contributed by atoms with Crippen molar-refractivity contribution in [1.29, 1.82) is 0 Å². The van der Waals surface area contributed by atoms with Gasteiger partial charge in [-0.15, -0.1) is 0 Å². The molecular formula is C25H24FN5O2. The van der Waals surface area contributed by atoms with E-state index in [1.54, 1.807) is 27.8 Å². The average Bonchev–Trinajstić information content (AvgIpc) is 3.40. The molecule has 1 aliphatic heterocycles. The van der Waals surface area contributed by atoms with Crippen LogP contribution < -0.4 is 5.32 Å². The molecule has 8 heteroatoms. The molecule has 0 saturated heterocycles. The van der Waals surface area contributed by atoms with Crippen molar-refractivity contribution >= 4 is 22.7 Å². The molecule has 0 aliphatic carbocycles. The molecule has 0 spiro atoms. The average molecular weight is 445 g/mol. The highest BCUT2D eigenvalue weighted by atomic mass is 19.1. The maximum atomic E-state index is 13.6. The molecule has 3 heterocycles. The van der Waals surface area contributed by atoms with Crippen LogP contribution in [0.4, 0.5) is 4.39 Å². The van der Waals surface area contributed by atoms with Gasteiger partial charge in [0.1, 0.15) is 5.82 Å². The lowest BCUT2D eigenvalue weighted by atomic mass is 9.95. The van der Waals surface area contributed by atoms with Crippen LogP contribution in [0.15, 0.2) is 60.9 Å². The van der Waals surface area contributed by atoms with Gasteiger partial charge >= 0.3 is 0 Å². The molecule has 0 fully saturated rings. The zero-order valence-electron chi connectivity index (χ0n) is 18.2. The van der Waals surface area contributed by atoms with Crippen LogP contribution in [-0.2, 0) is 24.8 Å². The van der Waals surface area contributed by atoms with E-state index in [1.165, 1.54) is 12.1 Å². The van der Waals surface area contributed by atoms with Gasteiger partial charge in [-0.1, -0.05) is 18.2 Å². The van der Waals surface area contributed by atoms with Crippen LogP contribution in [0.2, 0.25) is 0 Å². The molecule has 2 N–H and O–H groups in total. The number of hydrogen-bond acceptors (Lipinski definition) is 3. The van der Waals surface area contributed by atoms with Gasteiger partial charge in [0.15, 0.2) is 0 Å². The van der Waals surface area contributed by atoms with Crippen molar-refractivity contribution in [1.82, 2.24) is 25.0 Å². The number of benzene rings is 2. The van der Waals surface area contributed by atoms with Crippen LogP contribution in [0.25, 0.3) is 10.9 Å². The van der Waals surface area contributed by atoms with E-state index >= 15 is 0 Å². The molecule has 33 heavy (non-hydrogen) atoms. The van der Waals surface area contributed by atoms with Gasteiger partial charge in [0.25, 0.3) is 5.91 Å². The highest BCUT2D eigenvalue weighted by Crippen LogP contribution is 2.28. The van der Waals surface area contributed by atoms with Crippen LogP contribution in [0.1, 0.15) is 33.1 Å². The van der Waals surface area contributed by atoms with Gasteiger partial charge in [-0.3, -0.25) is 14.3 Å². The largest absolute Gasteiger partial charge is 0.361 e. The molecular weight excluding hydrogens is 421 g/mol. The lowest BCUT2D eigenvalue weighted by Gasteiger charge is -2.31. The van der Waals surface area contributed by atoms with Gasteiger partial charge in [0.05, 0.1) is 11.6 Å². The predicted molar refractivity (Wildman–Crippen MR) is 122 cm³/mol. The minimum absolute atomic E-state index is 0.108. The molecule has 0 bridgehead atoms. The highest BCUT2D eigenvalue weighted by molar-refractivity contribution is 5.95. The van der Waals surface area contributed by atoms with Crippen molar-refractivity contribution in [3.05, 3.63) is 89.1 Å². The van der Waals surface area contributed by atoms with Gasteiger partial charge in [0, 0.05) is 61.1 Å². The Morgan fingerprint density at radius 3 is 2.85 bits per heavy atom. The smallest absolute Gasteiger partial charge is 0.254 e. The number of aromatic amines is 1. The number of hydrogen-bond donors (Lipinski definition) is 2. The first kappa shape index (κ1) is 20.9. The van der Waals surface area contributed by atoms with E-state index < -0.39 is 5.92 Å². The zero-order chi connectivity index (χ0) is 22.9. The maximum Gasteiger partial charge on any atom is 0.254 e. The number of nitrogens with one attached hydrogen (secondary N) is 2. The van der Waals surface area contributed by atoms with Crippen molar-refractivity contribution in [2.24, 2.45) is 7.05 Å². The minimum Gasteiger partial charge on any atom is -0.361 e. The van der Waals surface area contributed by atoms with Crippen LogP contribution in [0.3, 0.4) is 0 Å². The third-order valence-corrected chi connectivity index (χ3v) is 6.08. The Kier molecular flexibility index (Phi) is 5.42. The Labute approximate surface area is 190 Å². The second-order valence-corrected chi connectivity index (χ2v) is 8.36. The van der Waals surface area contributed by atoms with Gasteiger partial charge in [0.2, 0.25) is 5.91 Å². The van der Waals surface area contributed by atoms with E-state index in [4.69, 9.17) is 0 Å². The molecule has 1 aliphatic rings. The fraction of sp³-hybridized carbons (Fsp3) is 0.240. The lowest BCUT2D eigenvalue weighted by molar-refractivity contribution is -0.123. The number of carbonyl (C=O) groups is 2. The summed E-state index contributed by atoms with van der Waals surface area (Å²) in [7, 11) is 1.81. The summed E-state index contributed by atoms with van der Waals surface area (Å²) in [5.74, 6) is -1.13. The summed E-state index contributed by atoms with van der Waals surface area (Å²) in [5, 5.41) is 8.30. The molecule has 0 saturated carbocycles. The number of rotatable bonds is 5. The highest BCUT2D eigenvalue weighted by Gasteiger charge is 2.35. The molecule has 4 aromatic rings. The predicted octanol–water partition coefficient (Wildman–Crippen LogP) is 3.14. The lowest BCUT2D eigenvalue weighted by Crippen LogP contribution is -2.44. The van der Waals surface area contributed by atoms with E-state index in [-0.39, 0.29) is 24.2 Å². The number of halogens is 1. The summed E-state index contributed by atoms with van der Waals surface area (Å²) >= 11 is 0. The number of carbonyl (C=O) groups excluding carboxylic acids is 2. The quantitative estimate of drug-likeness (QED) is 0.495. The molecule has 168 valence electrons. The number of aryl methyl sites for hydroxylation is 1. The van der Waals surface area contributed by atoms with E-state index in [1.807, 2.05) is 37.6 Å². The van der Waals surface area contributed by atoms with E-state index in [9.17, 15) is 14.0 Å². The van der Waals surface area contributed by atoms with Crippen LogP contribution >= 0.6 is 0 Å². The van der Waals surface area contributed by atoms with Crippen molar-refractivity contribution < 1.29 is 14.0 Å². The number of amides is 2. The first-order chi connectivity index (χ1) is 16.0.